The molecule has 144 valence electrons. The number of phenols is 2. The second-order valence-electron chi connectivity index (χ2n) is 5.47. The molecule has 0 aromatic heterocycles. The number of hydrogen-bond donors (Lipinski definition) is 5. The summed E-state index contributed by atoms with van der Waals surface area (Å²) in [7, 11) is 1.12. The van der Waals surface area contributed by atoms with Crippen molar-refractivity contribution in [1.29, 1.82) is 0 Å². The van der Waals surface area contributed by atoms with Crippen LogP contribution >= 0.6 is 0 Å². The van der Waals surface area contributed by atoms with E-state index in [1.54, 1.807) is 0 Å². The molecule has 0 aliphatic rings. The number of phenolic OH excluding ortho intramolecular Hbond substituents is 2. The molecular formula is C18H18O9. The molecule has 0 unspecified atom stereocenters. The number of aromatic hydroxyl groups is 2. The highest BCUT2D eigenvalue weighted by Gasteiger charge is 2.20. The predicted molar refractivity (Wildman–Crippen MR) is 90.3 cm³/mol. The van der Waals surface area contributed by atoms with E-state index in [0.29, 0.717) is 0 Å². The van der Waals surface area contributed by atoms with Gasteiger partial charge in [-0.2, -0.15) is 0 Å². The van der Waals surface area contributed by atoms with Crippen molar-refractivity contribution in [3.8, 4) is 17.2 Å². The third-order valence-electron chi connectivity index (χ3n) is 3.85. The quantitative estimate of drug-likeness (QED) is 0.276. The molecule has 27 heavy (non-hydrogen) atoms. The fourth-order valence-electron chi connectivity index (χ4n) is 2.47. The second-order valence-corrected chi connectivity index (χ2v) is 5.47. The van der Waals surface area contributed by atoms with Crippen LogP contribution in [0.15, 0.2) is 24.3 Å². The molecule has 0 fully saturated rings. The number of hydrogen-bond acceptors (Lipinski definition) is 9. The fraction of sp³-hybridized carbons (Fsp3) is 0.222. The van der Waals surface area contributed by atoms with E-state index in [4.69, 9.17) is 4.74 Å². The molecular weight excluding hydrogens is 360 g/mol. The molecule has 2 aromatic carbocycles. The lowest BCUT2D eigenvalue weighted by atomic mass is 9.98. The highest BCUT2D eigenvalue weighted by Crippen LogP contribution is 2.37. The fourth-order valence-corrected chi connectivity index (χ4v) is 2.47. The molecule has 0 aliphatic carbocycles. The zero-order valence-electron chi connectivity index (χ0n) is 14.3. The molecule has 9 heteroatoms. The monoisotopic (exact) mass is 378 g/mol. The van der Waals surface area contributed by atoms with E-state index in [1.165, 1.54) is 12.1 Å². The number of aliphatic hydroxyl groups excluding tert-OH is 3. The summed E-state index contributed by atoms with van der Waals surface area (Å²) >= 11 is 0. The number of esters is 2. The van der Waals surface area contributed by atoms with Crippen LogP contribution in [0.3, 0.4) is 0 Å². The Labute approximate surface area is 153 Å². The van der Waals surface area contributed by atoms with Crippen LogP contribution in [0.2, 0.25) is 0 Å². The summed E-state index contributed by atoms with van der Waals surface area (Å²) in [6.07, 6.45) is 0. The van der Waals surface area contributed by atoms with Crippen molar-refractivity contribution in [1.82, 2.24) is 0 Å². The largest absolute Gasteiger partial charge is 0.504 e. The van der Waals surface area contributed by atoms with Crippen molar-refractivity contribution in [3.63, 3.8) is 0 Å². The maximum absolute atomic E-state index is 12.4. The van der Waals surface area contributed by atoms with Crippen molar-refractivity contribution in [2.75, 3.05) is 7.11 Å². The van der Waals surface area contributed by atoms with E-state index < -0.39 is 49.0 Å². The SMILES string of the molecule is COC(=O)c1cc(O)c(O)c(OC(=O)c2cc(CO)c(CO)c(CO)c2)c1. The summed E-state index contributed by atoms with van der Waals surface area (Å²) in [6.45, 7) is -1.43. The molecule has 0 atom stereocenters. The van der Waals surface area contributed by atoms with Crippen molar-refractivity contribution in [2.45, 2.75) is 19.8 Å². The van der Waals surface area contributed by atoms with Gasteiger partial charge in [0.05, 0.1) is 38.1 Å². The average molecular weight is 378 g/mol. The third kappa shape index (κ3) is 4.17. The second kappa shape index (κ2) is 8.49. The van der Waals surface area contributed by atoms with Gasteiger partial charge in [-0.1, -0.05) is 0 Å². The summed E-state index contributed by atoms with van der Waals surface area (Å²) in [6, 6.07) is 4.48. The van der Waals surface area contributed by atoms with Gasteiger partial charge in [0.2, 0.25) is 5.75 Å². The zero-order chi connectivity index (χ0) is 20.1. The first-order valence-corrected chi connectivity index (χ1v) is 7.69. The lowest BCUT2D eigenvalue weighted by Gasteiger charge is -2.14. The highest BCUT2D eigenvalue weighted by molar-refractivity contribution is 5.94. The van der Waals surface area contributed by atoms with Crippen LogP contribution < -0.4 is 4.74 Å². The minimum Gasteiger partial charge on any atom is -0.504 e. The topological polar surface area (TPSA) is 154 Å². The Morgan fingerprint density at radius 2 is 1.41 bits per heavy atom. The van der Waals surface area contributed by atoms with Crippen LogP contribution in [0.5, 0.6) is 17.2 Å². The summed E-state index contributed by atoms with van der Waals surface area (Å²) in [5.74, 6) is -3.74. The summed E-state index contributed by atoms with van der Waals surface area (Å²) in [5, 5.41) is 47.7. The van der Waals surface area contributed by atoms with E-state index in [9.17, 15) is 35.1 Å². The van der Waals surface area contributed by atoms with Crippen LogP contribution in [0, 0.1) is 0 Å². The lowest BCUT2D eigenvalue weighted by molar-refractivity contribution is 0.0596. The van der Waals surface area contributed by atoms with E-state index in [-0.39, 0.29) is 27.8 Å². The van der Waals surface area contributed by atoms with Crippen LogP contribution in [0.1, 0.15) is 37.4 Å². The molecule has 2 aromatic rings. The lowest BCUT2D eigenvalue weighted by Crippen LogP contribution is -2.12. The molecule has 0 saturated carbocycles. The first kappa shape index (κ1) is 20.2. The zero-order valence-corrected chi connectivity index (χ0v) is 14.3. The van der Waals surface area contributed by atoms with Gasteiger partial charge in [0.25, 0.3) is 0 Å². The van der Waals surface area contributed by atoms with E-state index in [0.717, 1.165) is 19.2 Å². The average Bonchev–Trinajstić information content (AvgIpc) is 2.68. The molecule has 0 radical (unpaired) electrons. The molecule has 0 heterocycles. The summed E-state index contributed by atoms with van der Waals surface area (Å²) in [5.41, 5.74) is 0.475. The van der Waals surface area contributed by atoms with Crippen molar-refractivity contribution in [2.24, 2.45) is 0 Å². The number of carbonyl (C=O) groups excluding carboxylic acids is 2. The van der Waals surface area contributed by atoms with Crippen LogP contribution in [0.4, 0.5) is 0 Å². The Bertz CT molecular complexity index is 848. The van der Waals surface area contributed by atoms with Crippen LogP contribution in [-0.4, -0.2) is 44.6 Å². The van der Waals surface area contributed by atoms with Gasteiger partial charge in [0, 0.05) is 0 Å². The van der Waals surface area contributed by atoms with Gasteiger partial charge in [-0.05, 0) is 41.0 Å². The Morgan fingerprint density at radius 1 is 0.852 bits per heavy atom. The first-order valence-electron chi connectivity index (χ1n) is 7.69. The number of rotatable bonds is 6. The maximum atomic E-state index is 12.4. The first-order chi connectivity index (χ1) is 12.9. The van der Waals surface area contributed by atoms with Crippen molar-refractivity contribution >= 4 is 11.9 Å². The van der Waals surface area contributed by atoms with Crippen molar-refractivity contribution < 1.29 is 44.6 Å². The Balaban J connectivity index is 2.43. The van der Waals surface area contributed by atoms with Crippen LogP contribution in [0.25, 0.3) is 0 Å². The molecule has 2 rings (SSSR count). The van der Waals surface area contributed by atoms with Gasteiger partial charge in [0.1, 0.15) is 0 Å². The van der Waals surface area contributed by atoms with E-state index >= 15 is 0 Å². The maximum Gasteiger partial charge on any atom is 0.343 e. The van der Waals surface area contributed by atoms with Gasteiger partial charge in [-0.25, -0.2) is 9.59 Å². The van der Waals surface area contributed by atoms with Gasteiger partial charge in [-0.3, -0.25) is 0 Å². The minimum atomic E-state index is -0.986. The summed E-state index contributed by atoms with van der Waals surface area (Å²) < 4.78 is 9.55. The predicted octanol–water partition coefficient (Wildman–Crippen LogP) is 0.580. The van der Waals surface area contributed by atoms with Crippen LogP contribution in [-0.2, 0) is 24.6 Å². The van der Waals surface area contributed by atoms with E-state index in [2.05, 4.69) is 4.74 Å². The van der Waals surface area contributed by atoms with Gasteiger partial charge < -0.3 is 35.0 Å². The Hall–Kier alpha value is -3.14. The standard InChI is InChI=1S/C18H18O9/c1-26-17(24)10-4-14(22)16(23)15(5-10)27-18(25)9-2-11(6-19)13(8-21)12(3-9)7-20/h2-5,19-23H,6-8H2,1H3. The van der Waals surface area contributed by atoms with E-state index in [1.807, 2.05) is 0 Å². The van der Waals surface area contributed by atoms with Crippen molar-refractivity contribution in [3.05, 3.63) is 52.1 Å². The smallest absolute Gasteiger partial charge is 0.343 e. The molecule has 0 amide bonds. The number of benzene rings is 2. The van der Waals surface area contributed by atoms with Gasteiger partial charge >= 0.3 is 11.9 Å². The minimum absolute atomic E-state index is 0.0809. The highest BCUT2D eigenvalue weighted by atomic mass is 16.5. The molecule has 9 nitrogen and oxygen atoms in total. The Morgan fingerprint density at radius 3 is 1.89 bits per heavy atom. The molecule has 0 aliphatic heterocycles. The van der Waals surface area contributed by atoms with Gasteiger partial charge in [-0.15, -0.1) is 0 Å². The number of carbonyl (C=O) groups is 2. The molecule has 5 N–H and O–H groups in total. The Kier molecular flexibility index (Phi) is 6.35. The van der Waals surface area contributed by atoms with Gasteiger partial charge in [0.15, 0.2) is 11.5 Å². The molecule has 0 saturated heterocycles. The summed E-state index contributed by atoms with van der Waals surface area (Å²) in [4.78, 5) is 24.0. The number of methoxy groups -OCH3 is 1. The number of ether oxygens (including phenoxy) is 2. The molecule has 0 bridgehead atoms. The normalized spacial score (nSPS) is 10.5. The molecule has 0 spiro atoms. The number of aliphatic hydroxyl groups is 3. The third-order valence-corrected chi connectivity index (χ3v) is 3.85.